The number of carboxylic acids is 1. The van der Waals surface area contributed by atoms with E-state index in [1.807, 2.05) is 4.90 Å². The second-order valence-electron chi connectivity index (χ2n) is 9.08. The number of alkyl halides is 3. The molecule has 1 aliphatic carbocycles. The molecule has 2 aliphatic heterocycles. The summed E-state index contributed by atoms with van der Waals surface area (Å²) in [5.41, 5.74) is 0.217. The van der Waals surface area contributed by atoms with Gasteiger partial charge in [-0.1, -0.05) is 6.42 Å². The van der Waals surface area contributed by atoms with Gasteiger partial charge in [-0.2, -0.15) is 13.2 Å². The number of amides is 1. The van der Waals surface area contributed by atoms with Crippen molar-refractivity contribution in [2.24, 2.45) is 17.3 Å². The lowest BCUT2D eigenvalue weighted by atomic mass is 9.71. The Morgan fingerprint density at radius 2 is 1.94 bits per heavy atom. The van der Waals surface area contributed by atoms with E-state index in [2.05, 4.69) is 4.90 Å². The van der Waals surface area contributed by atoms with Gasteiger partial charge in [-0.05, 0) is 62.2 Å². The van der Waals surface area contributed by atoms with E-state index in [4.69, 9.17) is 19.1 Å². The summed E-state index contributed by atoms with van der Waals surface area (Å²) < 4.78 is 42.6. The van der Waals surface area contributed by atoms with Crippen molar-refractivity contribution in [1.82, 2.24) is 9.80 Å². The smallest absolute Gasteiger partial charge is 0.475 e. The number of furan rings is 1. The van der Waals surface area contributed by atoms with Crippen molar-refractivity contribution < 1.29 is 37.0 Å². The molecule has 0 radical (unpaired) electrons. The van der Waals surface area contributed by atoms with E-state index in [-0.39, 0.29) is 11.3 Å². The van der Waals surface area contributed by atoms with Crippen LogP contribution in [0.2, 0.25) is 0 Å². The van der Waals surface area contributed by atoms with Gasteiger partial charge >= 0.3 is 12.1 Å². The van der Waals surface area contributed by atoms with Crippen LogP contribution < -0.4 is 0 Å². The summed E-state index contributed by atoms with van der Waals surface area (Å²) in [6.45, 7) is 5.98. The molecule has 4 rings (SSSR count). The number of hydrogen-bond donors (Lipinski definition) is 1. The number of aliphatic carboxylic acids is 1. The molecule has 2 saturated heterocycles. The first kappa shape index (κ1) is 24.6. The molecule has 1 amide bonds. The van der Waals surface area contributed by atoms with Crippen LogP contribution in [0.1, 0.15) is 42.7 Å². The first-order valence-corrected chi connectivity index (χ1v) is 11.0. The van der Waals surface area contributed by atoms with E-state index < -0.39 is 12.1 Å². The Kier molecular flexibility index (Phi) is 7.87. The highest BCUT2D eigenvalue weighted by molar-refractivity contribution is 5.91. The van der Waals surface area contributed by atoms with Gasteiger partial charge in [0.1, 0.15) is 0 Å². The van der Waals surface area contributed by atoms with Crippen molar-refractivity contribution in [1.29, 1.82) is 0 Å². The fourth-order valence-corrected chi connectivity index (χ4v) is 4.96. The van der Waals surface area contributed by atoms with Crippen LogP contribution in [0.3, 0.4) is 0 Å². The van der Waals surface area contributed by atoms with Gasteiger partial charge in [0.15, 0.2) is 5.76 Å². The van der Waals surface area contributed by atoms with Crippen LogP contribution in [0, 0.1) is 17.3 Å². The lowest BCUT2D eigenvalue weighted by Crippen LogP contribution is -2.47. The molecule has 1 N–H and O–H groups in total. The third-order valence-electron chi connectivity index (χ3n) is 7.04. The molecule has 0 aromatic carbocycles. The molecule has 0 bridgehead atoms. The van der Waals surface area contributed by atoms with Gasteiger partial charge in [-0.3, -0.25) is 4.79 Å². The molecule has 3 aliphatic rings. The Hall–Kier alpha value is -2.07. The van der Waals surface area contributed by atoms with E-state index >= 15 is 0 Å². The van der Waals surface area contributed by atoms with Gasteiger partial charge in [-0.25, -0.2) is 4.79 Å². The zero-order valence-electron chi connectivity index (χ0n) is 18.3. The summed E-state index contributed by atoms with van der Waals surface area (Å²) >= 11 is 0. The molecule has 3 heterocycles. The molecular formula is C22H31F3N2O5. The fraction of sp³-hybridized carbons (Fsp3) is 0.727. The Labute approximate surface area is 185 Å². The molecule has 1 atom stereocenters. The van der Waals surface area contributed by atoms with Gasteiger partial charge in [0.2, 0.25) is 0 Å². The molecular weight excluding hydrogens is 429 g/mol. The van der Waals surface area contributed by atoms with Gasteiger partial charge < -0.3 is 24.1 Å². The number of carbonyl (C=O) groups is 2. The maximum Gasteiger partial charge on any atom is 0.490 e. The van der Waals surface area contributed by atoms with Gasteiger partial charge in [0, 0.05) is 32.7 Å². The molecule has 10 heteroatoms. The van der Waals surface area contributed by atoms with Crippen LogP contribution in [0.15, 0.2) is 22.8 Å². The Morgan fingerprint density at radius 3 is 2.41 bits per heavy atom. The van der Waals surface area contributed by atoms with Crippen LogP contribution in [0.25, 0.3) is 0 Å². The fourth-order valence-electron chi connectivity index (χ4n) is 4.96. The van der Waals surface area contributed by atoms with Crippen molar-refractivity contribution in [2.45, 2.75) is 38.3 Å². The minimum Gasteiger partial charge on any atom is -0.475 e. The van der Waals surface area contributed by atoms with Crippen molar-refractivity contribution in [3.8, 4) is 0 Å². The van der Waals surface area contributed by atoms with E-state index in [9.17, 15) is 18.0 Å². The first-order valence-electron chi connectivity index (χ1n) is 11.0. The Bertz CT molecular complexity index is 756. The largest absolute Gasteiger partial charge is 0.490 e. The standard InChI is InChI=1S/C20H30N2O3.C2HF3O2/c1-24-14-17-13-22(19(23)18-6-3-11-25-18)15-20(17)7-9-21(10-8-20)12-16-4-2-5-16;3-2(4,5)1(6)7/h3,6,11,16-17H,2,4-5,7-10,12-15H2,1H3;(H,6,7). The number of piperidine rings is 1. The summed E-state index contributed by atoms with van der Waals surface area (Å²) in [5.74, 6) is -0.908. The third kappa shape index (κ3) is 5.83. The monoisotopic (exact) mass is 460 g/mol. The van der Waals surface area contributed by atoms with E-state index in [0.29, 0.717) is 11.7 Å². The number of nitrogens with zero attached hydrogens (tertiary/aromatic N) is 2. The minimum absolute atomic E-state index is 0.0277. The maximum absolute atomic E-state index is 12.7. The molecule has 7 nitrogen and oxygen atoms in total. The topological polar surface area (TPSA) is 83.2 Å². The van der Waals surface area contributed by atoms with E-state index in [0.717, 1.165) is 25.6 Å². The molecule has 1 aromatic rings. The second-order valence-corrected chi connectivity index (χ2v) is 9.08. The average Bonchev–Trinajstić information content (AvgIpc) is 3.35. The maximum atomic E-state index is 12.7. The highest BCUT2D eigenvalue weighted by atomic mass is 19.4. The van der Waals surface area contributed by atoms with Crippen LogP contribution >= 0.6 is 0 Å². The molecule has 3 fully saturated rings. The number of ether oxygens (including phenoxy) is 1. The Balaban J connectivity index is 0.000000360. The number of methoxy groups -OCH3 is 1. The molecule has 1 aromatic heterocycles. The molecule has 32 heavy (non-hydrogen) atoms. The summed E-state index contributed by atoms with van der Waals surface area (Å²) in [5, 5.41) is 7.12. The lowest BCUT2D eigenvalue weighted by molar-refractivity contribution is -0.192. The van der Waals surface area contributed by atoms with E-state index in [1.54, 1.807) is 25.5 Å². The summed E-state index contributed by atoms with van der Waals surface area (Å²) in [6.07, 6.45) is 3.09. The zero-order valence-corrected chi connectivity index (χ0v) is 18.3. The van der Waals surface area contributed by atoms with Crippen molar-refractivity contribution in [2.75, 3.05) is 46.4 Å². The van der Waals surface area contributed by atoms with Gasteiger partial charge in [0.05, 0.1) is 12.9 Å². The van der Waals surface area contributed by atoms with Crippen molar-refractivity contribution >= 4 is 11.9 Å². The first-order chi connectivity index (χ1) is 15.1. The number of rotatable bonds is 5. The van der Waals surface area contributed by atoms with Crippen molar-refractivity contribution in [3.63, 3.8) is 0 Å². The molecule has 1 unspecified atom stereocenters. The van der Waals surface area contributed by atoms with Gasteiger partial charge in [0.25, 0.3) is 5.91 Å². The number of halogens is 3. The van der Waals surface area contributed by atoms with Crippen molar-refractivity contribution in [3.05, 3.63) is 24.2 Å². The summed E-state index contributed by atoms with van der Waals surface area (Å²) in [6, 6.07) is 3.55. The predicted octanol–water partition coefficient (Wildman–Crippen LogP) is 3.51. The van der Waals surface area contributed by atoms with Gasteiger partial charge in [-0.15, -0.1) is 0 Å². The Morgan fingerprint density at radius 1 is 1.28 bits per heavy atom. The number of hydrogen-bond acceptors (Lipinski definition) is 5. The number of carboxylic acid groups (broad SMARTS) is 1. The van der Waals surface area contributed by atoms with Crippen LogP contribution in [-0.4, -0.2) is 79.4 Å². The highest BCUT2D eigenvalue weighted by Crippen LogP contribution is 2.45. The summed E-state index contributed by atoms with van der Waals surface area (Å²) in [4.78, 5) is 26.3. The van der Waals surface area contributed by atoms with E-state index in [1.165, 1.54) is 51.7 Å². The van der Waals surface area contributed by atoms with Crippen LogP contribution in [-0.2, 0) is 9.53 Å². The number of carbonyl (C=O) groups excluding carboxylic acids is 1. The predicted molar refractivity (Wildman–Crippen MR) is 109 cm³/mol. The number of likely N-dealkylation sites (tertiary alicyclic amines) is 2. The second kappa shape index (κ2) is 10.2. The molecule has 1 saturated carbocycles. The highest BCUT2D eigenvalue weighted by Gasteiger charge is 2.49. The zero-order chi connectivity index (χ0) is 23.4. The van der Waals surface area contributed by atoms with Crippen LogP contribution in [0.4, 0.5) is 13.2 Å². The minimum atomic E-state index is -5.08. The third-order valence-corrected chi connectivity index (χ3v) is 7.04. The normalized spacial score (nSPS) is 23.5. The van der Waals surface area contributed by atoms with Crippen LogP contribution in [0.5, 0.6) is 0 Å². The SMILES string of the molecule is COCC1CN(C(=O)c2ccco2)CC12CCN(CC1CCC1)CC2.O=C(O)C(F)(F)F. The molecule has 1 spiro atoms. The summed E-state index contributed by atoms with van der Waals surface area (Å²) in [7, 11) is 1.77. The quantitative estimate of drug-likeness (QED) is 0.724. The lowest BCUT2D eigenvalue weighted by Gasteiger charge is -2.44. The molecule has 180 valence electrons. The average molecular weight is 460 g/mol.